The van der Waals surface area contributed by atoms with Crippen molar-refractivity contribution in [1.82, 2.24) is 14.5 Å². The molecule has 1 aromatic heterocycles. The molecule has 18 heavy (non-hydrogen) atoms. The van der Waals surface area contributed by atoms with Crippen molar-refractivity contribution in [2.45, 2.75) is 11.6 Å². The van der Waals surface area contributed by atoms with E-state index in [1.54, 1.807) is 18.2 Å². The van der Waals surface area contributed by atoms with Gasteiger partial charge in [0.2, 0.25) is 0 Å². The average molecular weight is 267 g/mol. The van der Waals surface area contributed by atoms with Crippen molar-refractivity contribution in [3.63, 3.8) is 0 Å². The number of phenolic OH excluding ortho intramolecular Hbond substituents is 1. The Morgan fingerprint density at radius 2 is 2.06 bits per heavy atom. The van der Waals surface area contributed by atoms with Crippen LogP contribution in [0.15, 0.2) is 41.6 Å². The summed E-state index contributed by atoms with van der Waals surface area (Å²) < 4.78 is 25.3. The summed E-state index contributed by atoms with van der Waals surface area (Å²) in [7, 11) is -2.16. The average Bonchev–Trinajstić information content (AvgIpc) is 2.86. The van der Waals surface area contributed by atoms with Gasteiger partial charge in [0.25, 0.3) is 10.0 Å². The number of aromatic nitrogens is 2. The molecule has 0 unspecified atom stereocenters. The molecule has 2 N–H and O–H groups in total. The third-order valence-electron chi connectivity index (χ3n) is 2.55. The van der Waals surface area contributed by atoms with Gasteiger partial charge in [-0.3, -0.25) is 5.10 Å². The van der Waals surface area contributed by atoms with Gasteiger partial charge in [-0.25, -0.2) is 8.42 Å². The molecule has 0 aliphatic heterocycles. The second-order valence-corrected chi connectivity index (χ2v) is 5.82. The van der Waals surface area contributed by atoms with Crippen LogP contribution in [0.3, 0.4) is 0 Å². The smallest absolute Gasteiger partial charge is 0.260 e. The quantitative estimate of drug-likeness (QED) is 0.863. The number of rotatable bonds is 4. The summed E-state index contributed by atoms with van der Waals surface area (Å²) in [6.45, 7) is 0.0913. The normalized spacial score (nSPS) is 11.9. The zero-order valence-electron chi connectivity index (χ0n) is 9.74. The van der Waals surface area contributed by atoms with E-state index in [4.69, 9.17) is 0 Å². The molecule has 2 rings (SSSR count). The van der Waals surface area contributed by atoms with Crippen molar-refractivity contribution in [2.75, 3.05) is 7.05 Å². The first kappa shape index (κ1) is 12.6. The molecule has 0 fully saturated rings. The topological polar surface area (TPSA) is 86.3 Å². The van der Waals surface area contributed by atoms with E-state index in [9.17, 15) is 13.5 Å². The molecule has 0 amide bonds. The molecule has 0 aliphatic carbocycles. The lowest BCUT2D eigenvalue weighted by Crippen LogP contribution is -2.26. The van der Waals surface area contributed by atoms with Gasteiger partial charge in [-0.15, -0.1) is 0 Å². The number of para-hydroxylation sites is 1. The maximum absolute atomic E-state index is 12.1. The van der Waals surface area contributed by atoms with Crippen molar-refractivity contribution < 1.29 is 13.5 Å². The number of aromatic amines is 1. The third-order valence-corrected chi connectivity index (χ3v) is 4.28. The van der Waals surface area contributed by atoms with Crippen LogP contribution in [-0.2, 0) is 16.6 Å². The van der Waals surface area contributed by atoms with E-state index in [0.29, 0.717) is 5.56 Å². The van der Waals surface area contributed by atoms with E-state index < -0.39 is 10.0 Å². The van der Waals surface area contributed by atoms with E-state index in [1.165, 1.54) is 25.4 Å². The molecular formula is C11H13N3O3S. The van der Waals surface area contributed by atoms with Crippen LogP contribution < -0.4 is 0 Å². The molecule has 0 bridgehead atoms. The Labute approximate surface area is 105 Å². The van der Waals surface area contributed by atoms with Gasteiger partial charge < -0.3 is 5.11 Å². The standard InChI is InChI=1S/C11H13N3O3S/c1-14(8-9-4-2-3-5-10(9)15)18(16,17)11-6-7-12-13-11/h2-7,15H,8H2,1H3,(H,12,13). The summed E-state index contributed by atoms with van der Waals surface area (Å²) in [6, 6.07) is 8.00. The monoisotopic (exact) mass is 267 g/mol. The molecule has 0 aliphatic rings. The maximum Gasteiger partial charge on any atom is 0.260 e. The van der Waals surface area contributed by atoms with Gasteiger partial charge in [0.1, 0.15) is 5.75 Å². The van der Waals surface area contributed by atoms with Crippen LogP contribution in [0.5, 0.6) is 5.75 Å². The largest absolute Gasteiger partial charge is 0.508 e. The summed E-state index contributed by atoms with van der Waals surface area (Å²) in [5, 5.41) is 15.7. The van der Waals surface area contributed by atoms with Gasteiger partial charge in [0.15, 0.2) is 5.03 Å². The predicted octanol–water partition coefficient (Wildman–Crippen LogP) is 0.936. The molecule has 1 heterocycles. The number of nitrogens with zero attached hydrogens (tertiary/aromatic N) is 2. The van der Waals surface area contributed by atoms with Crippen LogP contribution >= 0.6 is 0 Å². The first-order chi connectivity index (χ1) is 8.51. The lowest BCUT2D eigenvalue weighted by Gasteiger charge is -2.16. The van der Waals surface area contributed by atoms with E-state index in [2.05, 4.69) is 10.2 Å². The van der Waals surface area contributed by atoms with Gasteiger partial charge >= 0.3 is 0 Å². The summed E-state index contributed by atoms with van der Waals surface area (Å²) in [5.74, 6) is 0.0733. The maximum atomic E-state index is 12.1. The molecule has 1 aromatic carbocycles. The number of benzene rings is 1. The van der Waals surface area contributed by atoms with Crippen LogP contribution in [0, 0.1) is 0 Å². The Morgan fingerprint density at radius 1 is 1.33 bits per heavy atom. The summed E-state index contributed by atoms with van der Waals surface area (Å²) in [5.41, 5.74) is 0.545. The van der Waals surface area contributed by atoms with Crippen molar-refractivity contribution in [2.24, 2.45) is 0 Å². The molecule has 2 aromatic rings. The first-order valence-electron chi connectivity index (χ1n) is 5.24. The van der Waals surface area contributed by atoms with Crippen molar-refractivity contribution in [1.29, 1.82) is 0 Å². The predicted molar refractivity (Wildman–Crippen MR) is 65.3 cm³/mol. The molecule has 0 spiro atoms. The fourth-order valence-corrected chi connectivity index (χ4v) is 2.57. The van der Waals surface area contributed by atoms with Crippen LogP contribution in [0.25, 0.3) is 0 Å². The molecule has 6 nitrogen and oxygen atoms in total. The van der Waals surface area contributed by atoms with Gasteiger partial charge in [-0.05, 0) is 12.1 Å². The second kappa shape index (κ2) is 4.79. The van der Waals surface area contributed by atoms with E-state index in [1.807, 2.05) is 0 Å². The fraction of sp³-hybridized carbons (Fsp3) is 0.182. The van der Waals surface area contributed by atoms with Gasteiger partial charge in [0.05, 0.1) is 6.20 Å². The van der Waals surface area contributed by atoms with E-state index in [-0.39, 0.29) is 17.3 Å². The second-order valence-electron chi connectivity index (χ2n) is 3.81. The van der Waals surface area contributed by atoms with E-state index in [0.717, 1.165) is 4.31 Å². The van der Waals surface area contributed by atoms with Crippen LogP contribution in [-0.4, -0.2) is 35.1 Å². The number of nitrogens with one attached hydrogen (secondary N) is 1. The molecule has 0 saturated heterocycles. The van der Waals surface area contributed by atoms with Crippen molar-refractivity contribution in [3.05, 3.63) is 42.1 Å². The lowest BCUT2D eigenvalue weighted by atomic mass is 10.2. The summed E-state index contributed by atoms with van der Waals surface area (Å²) in [4.78, 5) is 0. The zero-order chi connectivity index (χ0) is 13.2. The Bertz CT molecular complexity index is 623. The van der Waals surface area contributed by atoms with Crippen LogP contribution in [0.1, 0.15) is 5.56 Å². The number of aromatic hydroxyl groups is 1. The molecule has 0 saturated carbocycles. The Kier molecular flexibility index (Phi) is 3.35. The number of sulfonamides is 1. The van der Waals surface area contributed by atoms with Crippen molar-refractivity contribution in [3.8, 4) is 5.75 Å². The van der Waals surface area contributed by atoms with Gasteiger partial charge in [-0.2, -0.15) is 9.40 Å². The summed E-state index contributed by atoms with van der Waals surface area (Å²) >= 11 is 0. The molecule has 96 valence electrons. The number of hydrogen-bond donors (Lipinski definition) is 2. The minimum absolute atomic E-state index is 0.0282. The highest BCUT2D eigenvalue weighted by atomic mass is 32.2. The van der Waals surface area contributed by atoms with Gasteiger partial charge in [-0.1, -0.05) is 18.2 Å². The highest BCUT2D eigenvalue weighted by molar-refractivity contribution is 7.89. The Hall–Kier alpha value is -1.86. The number of hydrogen-bond acceptors (Lipinski definition) is 4. The summed E-state index contributed by atoms with van der Waals surface area (Å²) in [6.07, 6.45) is 1.38. The SMILES string of the molecule is CN(Cc1ccccc1O)S(=O)(=O)c1ccn[nH]1. The first-order valence-corrected chi connectivity index (χ1v) is 6.68. The molecular weight excluding hydrogens is 254 g/mol. The Morgan fingerprint density at radius 3 is 2.67 bits per heavy atom. The Balaban J connectivity index is 2.24. The minimum atomic E-state index is -3.61. The van der Waals surface area contributed by atoms with Crippen LogP contribution in [0.2, 0.25) is 0 Å². The van der Waals surface area contributed by atoms with E-state index >= 15 is 0 Å². The molecule has 0 atom stereocenters. The van der Waals surface area contributed by atoms with Gasteiger partial charge in [0, 0.05) is 19.2 Å². The van der Waals surface area contributed by atoms with Crippen molar-refractivity contribution >= 4 is 10.0 Å². The highest BCUT2D eigenvalue weighted by Crippen LogP contribution is 2.20. The fourth-order valence-electron chi connectivity index (χ4n) is 1.52. The molecule has 7 heteroatoms. The highest BCUT2D eigenvalue weighted by Gasteiger charge is 2.22. The third kappa shape index (κ3) is 2.36. The zero-order valence-corrected chi connectivity index (χ0v) is 10.6. The minimum Gasteiger partial charge on any atom is -0.508 e. The number of phenols is 1. The lowest BCUT2D eigenvalue weighted by molar-refractivity contribution is 0.434. The molecule has 0 radical (unpaired) electrons. The number of H-pyrrole nitrogens is 1. The van der Waals surface area contributed by atoms with Crippen LogP contribution in [0.4, 0.5) is 0 Å².